The second kappa shape index (κ2) is 7.25. The zero-order chi connectivity index (χ0) is 18.0. The van der Waals surface area contributed by atoms with Crippen LogP contribution in [-0.4, -0.2) is 26.7 Å². The molecule has 1 aliphatic rings. The molecule has 0 spiro atoms. The number of carbonyl (C=O) groups is 1. The Bertz CT molecular complexity index is 730. The van der Waals surface area contributed by atoms with E-state index in [4.69, 9.17) is 4.98 Å². The third kappa shape index (κ3) is 4.27. The molecule has 3 heterocycles. The van der Waals surface area contributed by atoms with E-state index in [1.165, 1.54) is 0 Å². The molecule has 0 bridgehead atoms. The van der Waals surface area contributed by atoms with E-state index in [1.807, 2.05) is 17.1 Å². The number of thiazole rings is 1. The number of hydrogen-bond donors (Lipinski definition) is 2. The maximum absolute atomic E-state index is 11.9. The van der Waals surface area contributed by atoms with Crippen molar-refractivity contribution in [1.82, 2.24) is 25.4 Å². The van der Waals surface area contributed by atoms with Gasteiger partial charge < -0.3 is 10.6 Å². The normalized spacial score (nSPS) is 21.4. The van der Waals surface area contributed by atoms with Gasteiger partial charge in [0.25, 0.3) is 0 Å². The summed E-state index contributed by atoms with van der Waals surface area (Å²) in [6.07, 6.45) is 5.25. The molecule has 3 rings (SSSR count). The van der Waals surface area contributed by atoms with Gasteiger partial charge in [-0.3, -0.25) is 9.48 Å². The molecule has 2 aromatic heterocycles. The van der Waals surface area contributed by atoms with Crippen molar-refractivity contribution in [1.29, 1.82) is 0 Å². The van der Waals surface area contributed by atoms with Crippen LogP contribution < -0.4 is 10.6 Å². The summed E-state index contributed by atoms with van der Waals surface area (Å²) in [4.78, 5) is 16.6. The highest BCUT2D eigenvalue weighted by molar-refractivity contribution is 7.09. The molecule has 0 radical (unpaired) electrons. The smallest absolute Gasteiger partial charge is 0.220 e. The third-order valence-electron chi connectivity index (χ3n) is 4.48. The molecule has 7 heteroatoms. The second-order valence-electron chi connectivity index (χ2n) is 7.59. The number of aromatic nitrogens is 3. The Morgan fingerprint density at radius 3 is 2.88 bits per heavy atom. The van der Waals surface area contributed by atoms with Gasteiger partial charge in [0, 0.05) is 48.1 Å². The van der Waals surface area contributed by atoms with E-state index in [0.29, 0.717) is 13.0 Å². The summed E-state index contributed by atoms with van der Waals surface area (Å²) in [6.45, 7) is 10.1. The highest BCUT2D eigenvalue weighted by atomic mass is 32.1. The lowest BCUT2D eigenvalue weighted by Crippen LogP contribution is -2.48. The van der Waals surface area contributed by atoms with E-state index in [2.05, 4.69) is 48.8 Å². The third-order valence-corrected chi connectivity index (χ3v) is 5.79. The Balaban J connectivity index is 1.68. The quantitative estimate of drug-likeness (QED) is 0.859. The van der Waals surface area contributed by atoms with Crippen molar-refractivity contribution in [2.24, 2.45) is 0 Å². The van der Waals surface area contributed by atoms with Crippen molar-refractivity contribution < 1.29 is 4.79 Å². The van der Waals surface area contributed by atoms with Crippen LogP contribution >= 0.6 is 11.3 Å². The lowest BCUT2D eigenvalue weighted by Gasteiger charge is -2.32. The van der Waals surface area contributed by atoms with E-state index in [-0.39, 0.29) is 23.4 Å². The van der Waals surface area contributed by atoms with Gasteiger partial charge in [0.2, 0.25) is 5.91 Å². The number of hydrogen-bond acceptors (Lipinski definition) is 5. The monoisotopic (exact) mass is 361 g/mol. The summed E-state index contributed by atoms with van der Waals surface area (Å²) in [5.41, 5.74) is 2.20. The van der Waals surface area contributed by atoms with Crippen molar-refractivity contribution in [3.05, 3.63) is 34.0 Å². The SMILES string of the molecule is CCn1cc([C@@H]2NC(=O)CC[C@H]2NCc2csc(C(C)(C)C)n2)cn1. The molecule has 0 saturated carbocycles. The first-order valence-corrected chi connectivity index (χ1v) is 9.74. The maximum Gasteiger partial charge on any atom is 0.220 e. The summed E-state index contributed by atoms with van der Waals surface area (Å²) in [7, 11) is 0. The summed E-state index contributed by atoms with van der Waals surface area (Å²) < 4.78 is 1.89. The molecule has 2 atom stereocenters. The van der Waals surface area contributed by atoms with Crippen LogP contribution in [0.4, 0.5) is 0 Å². The number of amides is 1. The zero-order valence-corrected chi connectivity index (χ0v) is 16.2. The predicted molar refractivity (Wildman–Crippen MR) is 99.5 cm³/mol. The highest BCUT2D eigenvalue weighted by Gasteiger charge is 2.30. The average Bonchev–Trinajstić information content (AvgIpc) is 3.22. The van der Waals surface area contributed by atoms with Gasteiger partial charge in [-0.25, -0.2) is 4.98 Å². The number of carbonyl (C=O) groups excluding carboxylic acids is 1. The fourth-order valence-electron chi connectivity index (χ4n) is 3.02. The molecule has 25 heavy (non-hydrogen) atoms. The van der Waals surface area contributed by atoms with Crippen molar-refractivity contribution in [2.75, 3.05) is 0 Å². The number of nitrogens with one attached hydrogen (secondary N) is 2. The first kappa shape index (κ1) is 18.1. The van der Waals surface area contributed by atoms with E-state index in [9.17, 15) is 4.79 Å². The van der Waals surface area contributed by atoms with Gasteiger partial charge in [0.05, 0.1) is 22.9 Å². The Labute approximate surface area is 153 Å². The molecule has 0 aromatic carbocycles. The van der Waals surface area contributed by atoms with Crippen molar-refractivity contribution >= 4 is 17.2 Å². The molecule has 0 aliphatic carbocycles. The Morgan fingerprint density at radius 1 is 1.44 bits per heavy atom. The number of rotatable bonds is 5. The van der Waals surface area contributed by atoms with Gasteiger partial charge in [-0.15, -0.1) is 11.3 Å². The minimum Gasteiger partial charge on any atom is -0.348 e. The van der Waals surface area contributed by atoms with Gasteiger partial charge in [-0.1, -0.05) is 20.8 Å². The molecule has 2 N–H and O–H groups in total. The van der Waals surface area contributed by atoms with Crippen LogP contribution in [0.3, 0.4) is 0 Å². The first-order valence-electron chi connectivity index (χ1n) is 8.87. The summed E-state index contributed by atoms with van der Waals surface area (Å²) in [5.74, 6) is 0.107. The van der Waals surface area contributed by atoms with Gasteiger partial charge in [0.1, 0.15) is 0 Å². The molecular weight excluding hydrogens is 334 g/mol. The van der Waals surface area contributed by atoms with Crippen molar-refractivity contribution in [3.63, 3.8) is 0 Å². The van der Waals surface area contributed by atoms with Crippen LogP contribution in [0.2, 0.25) is 0 Å². The van der Waals surface area contributed by atoms with Gasteiger partial charge in [-0.2, -0.15) is 5.10 Å². The van der Waals surface area contributed by atoms with Crippen LogP contribution in [0.15, 0.2) is 17.8 Å². The summed E-state index contributed by atoms with van der Waals surface area (Å²) >= 11 is 1.71. The van der Waals surface area contributed by atoms with E-state index in [0.717, 1.165) is 29.2 Å². The number of aryl methyl sites for hydroxylation is 1. The van der Waals surface area contributed by atoms with Crippen LogP contribution in [-0.2, 0) is 23.3 Å². The van der Waals surface area contributed by atoms with Crippen molar-refractivity contribution in [2.45, 2.75) is 71.1 Å². The Morgan fingerprint density at radius 2 is 2.24 bits per heavy atom. The molecule has 6 nitrogen and oxygen atoms in total. The van der Waals surface area contributed by atoms with Crippen LogP contribution in [0, 0.1) is 0 Å². The standard InChI is InChI=1S/C18H27N5OS/c1-5-23-10-12(8-20-23)16-14(6-7-15(24)22-16)19-9-13-11-25-17(21-13)18(2,3)4/h8,10-11,14,16,19H,5-7,9H2,1-4H3,(H,22,24)/t14-,16+/m1/s1. The first-order chi connectivity index (χ1) is 11.9. The minimum absolute atomic E-state index is 0.0396. The predicted octanol–water partition coefficient (Wildman–Crippen LogP) is 2.77. The van der Waals surface area contributed by atoms with Gasteiger partial charge in [0.15, 0.2) is 0 Å². The largest absolute Gasteiger partial charge is 0.348 e. The Kier molecular flexibility index (Phi) is 5.24. The molecule has 1 saturated heterocycles. The summed E-state index contributed by atoms with van der Waals surface area (Å²) in [6, 6.07) is 0.147. The average molecular weight is 362 g/mol. The highest BCUT2D eigenvalue weighted by Crippen LogP contribution is 2.27. The van der Waals surface area contributed by atoms with Crippen LogP contribution in [0.1, 0.15) is 62.8 Å². The van der Waals surface area contributed by atoms with Crippen LogP contribution in [0.5, 0.6) is 0 Å². The topological polar surface area (TPSA) is 71.8 Å². The minimum atomic E-state index is -0.0396. The molecule has 136 valence electrons. The van der Waals surface area contributed by atoms with E-state index < -0.39 is 0 Å². The number of piperidine rings is 1. The lowest BCUT2D eigenvalue weighted by atomic mass is 9.93. The van der Waals surface area contributed by atoms with Gasteiger partial charge >= 0.3 is 0 Å². The van der Waals surface area contributed by atoms with Gasteiger partial charge in [-0.05, 0) is 13.3 Å². The molecule has 1 fully saturated rings. The summed E-state index contributed by atoms with van der Waals surface area (Å²) in [5, 5.41) is 14.3. The van der Waals surface area contributed by atoms with Crippen LogP contribution in [0.25, 0.3) is 0 Å². The molecular formula is C18H27N5OS. The van der Waals surface area contributed by atoms with E-state index >= 15 is 0 Å². The maximum atomic E-state index is 11.9. The fourth-order valence-corrected chi connectivity index (χ4v) is 3.92. The lowest BCUT2D eigenvalue weighted by molar-refractivity contribution is -0.123. The molecule has 2 aromatic rings. The second-order valence-corrected chi connectivity index (χ2v) is 8.45. The van der Waals surface area contributed by atoms with Crippen molar-refractivity contribution in [3.8, 4) is 0 Å². The Hall–Kier alpha value is -1.73. The molecule has 0 unspecified atom stereocenters. The molecule has 1 amide bonds. The molecule has 1 aliphatic heterocycles. The van der Waals surface area contributed by atoms with E-state index in [1.54, 1.807) is 11.3 Å². The zero-order valence-electron chi connectivity index (χ0n) is 15.4. The number of nitrogens with zero attached hydrogens (tertiary/aromatic N) is 3. The fraction of sp³-hybridized carbons (Fsp3) is 0.611.